The molecule has 184 valence electrons. The van der Waals surface area contributed by atoms with Crippen molar-refractivity contribution in [2.75, 3.05) is 6.67 Å². The maximum absolute atomic E-state index is 12.4. The van der Waals surface area contributed by atoms with Gasteiger partial charge in [0, 0.05) is 0 Å². The van der Waals surface area contributed by atoms with Gasteiger partial charge in [-0.15, -0.1) is 0 Å². The van der Waals surface area contributed by atoms with Crippen LogP contribution in [0.5, 0.6) is 0 Å². The van der Waals surface area contributed by atoms with Crippen molar-refractivity contribution >= 4 is 0 Å². The first-order valence-electron chi connectivity index (χ1n) is 14.2. The first-order valence-corrected chi connectivity index (χ1v) is 14.2. The van der Waals surface area contributed by atoms with Crippen molar-refractivity contribution in [3.63, 3.8) is 0 Å². The first-order chi connectivity index (χ1) is 16.7. The molecular weight excluding hydrogens is 415 g/mol. The predicted molar refractivity (Wildman–Crippen MR) is 145 cm³/mol. The molecule has 0 radical (unpaired) electrons. The quantitative estimate of drug-likeness (QED) is 0.309. The summed E-state index contributed by atoms with van der Waals surface area (Å²) < 4.78 is 12.4. The Morgan fingerprint density at radius 1 is 0.735 bits per heavy atom. The summed E-state index contributed by atoms with van der Waals surface area (Å²) in [4.78, 5) is 0. The molecule has 0 N–H and O–H groups in total. The third-order valence-electron chi connectivity index (χ3n) is 8.64. The van der Waals surface area contributed by atoms with Crippen molar-refractivity contribution in [2.24, 2.45) is 17.8 Å². The number of allylic oxidation sites excluding steroid dienone is 2. The van der Waals surface area contributed by atoms with E-state index in [-0.39, 0.29) is 6.67 Å². The average molecular weight is 461 g/mol. The predicted octanol–water partition coefficient (Wildman–Crippen LogP) is 10.1. The fourth-order valence-corrected chi connectivity index (χ4v) is 6.33. The highest BCUT2D eigenvalue weighted by Crippen LogP contribution is 2.37. The summed E-state index contributed by atoms with van der Waals surface area (Å²) in [6, 6.07) is 18.7. The molecule has 2 saturated carbocycles. The number of halogens is 1. The monoisotopic (exact) mass is 460 g/mol. The molecule has 0 spiro atoms. The summed E-state index contributed by atoms with van der Waals surface area (Å²) in [7, 11) is 0. The van der Waals surface area contributed by atoms with Gasteiger partial charge in [-0.3, -0.25) is 4.39 Å². The van der Waals surface area contributed by atoms with Crippen molar-refractivity contribution in [1.29, 1.82) is 0 Å². The van der Waals surface area contributed by atoms with E-state index in [0.29, 0.717) is 0 Å². The molecule has 0 aromatic heterocycles. The molecule has 1 heteroatoms. The minimum absolute atomic E-state index is 0.141. The van der Waals surface area contributed by atoms with Crippen LogP contribution in [0.3, 0.4) is 0 Å². The highest BCUT2D eigenvalue weighted by Gasteiger charge is 2.21. The van der Waals surface area contributed by atoms with E-state index in [0.717, 1.165) is 42.9 Å². The van der Waals surface area contributed by atoms with Crippen molar-refractivity contribution < 1.29 is 4.39 Å². The zero-order valence-corrected chi connectivity index (χ0v) is 21.4. The molecule has 4 rings (SSSR count). The van der Waals surface area contributed by atoms with E-state index in [1.807, 2.05) is 0 Å². The molecule has 2 aliphatic carbocycles. The van der Waals surface area contributed by atoms with Crippen LogP contribution >= 0.6 is 0 Å². The SMILES string of the molecule is CC/C=C/C1CCC(c2ccc(-c3ccc(CC[C@H]4CC[C@H](CCCF)CC4)cc3)cc2)CC1. The lowest BCUT2D eigenvalue weighted by molar-refractivity contribution is 0.245. The van der Waals surface area contributed by atoms with Crippen LogP contribution in [0.25, 0.3) is 11.1 Å². The van der Waals surface area contributed by atoms with Crippen LogP contribution in [0.1, 0.15) is 101 Å². The molecule has 0 bridgehead atoms. The van der Waals surface area contributed by atoms with Crippen LogP contribution in [0, 0.1) is 17.8 Å². The van der Waals surface area contributed by atoms with Gasteiger partial charge >= 0.3 is 0 Å². The smallest absolute Gasteiger partial charge is 0.0894 e. The Kier molecular flexibility index (Phi) is 9.84. The van der Waals surface area contributed by atoms with Crippen LogP contribution in [0.4, 0.5) is 4.39 Å². The van der Waals surface area contributed by atoms with Gasteiger partial charge in [0.1, 0.15) is 0 Å². The van der Waals surface area contributed by atoms with Crippen molar-refractivity contribution in [3.8, 4) is 11.1 Å². The van der Waals surface area contributed by atoms with Crippen molar-refractivity contribution in [2.45, 2.75) is 96.3 Å². The summed E-state index contributed by atoms with van der Waals surface area (Å²) >= 11 is 0. The van der Waals surface area contributed by atoms with Crippen molar-refractivity contribution in [1.82, 2.24) is 0 Å². The van der Waals surface area contributed by atoms with Gasteiger partial charge in [-0.25, -0.2) is 0 Å². The van der Waals surface area contributed by atoms with Crippen LogP contribution < -0.4 is 0 Å². The summed E-state index contributed by atoms with van der Waals surface area (Å²) in [6.07, 6.45) is 21.0. The van der Waals surface area contributed by atoms with Crippen LogP contribution in [-0.4, -0.2) is 6.67 Å². The molecule has 34 heavy (non-hydrogen) atoms. The molecule has 0 heterocycles. The van der Waals surface area contributed by atoms with Gasteiger partial charge < -0.3 is 0 Å². The first kappa shape index (κ1) is 25.2. The van der Waals surface area contributed by atoms with E-state index < -0.39 is 0 Å². The molecule has 0 saturated heterocycles. The number of hydrogen-bond donors (Lipinski definition) is 0. The van der Waals surface area contributed by atoms with E-state index in [1.165, 1.54) is 86.5 Å². The van der Waals surface area contributed by atoms with E-state index in [4.69, 9.17) is 0 Å². The summed E-state index contributed by atoms with van der Waals surface area (Å²) in [5.74, 6) is 3.19. The van der Waals surface area contributed by atoms with Gasteiger partial charge in [-0.1, -0.05) is 93.3 Å². The lowest BCUT2D eigenvalue weighted by Crippen LogP contribution is -2.15. The maximum atomic E-state index is 12.4. The highest BCUT2D eigenvalue weighted by molar-refractivity contribution is 5.64. The van der Waals surface area contributed by atoms with Crippen molar-refractivity contribution in [3.05, 3.63) is 71.8 Å². The fraction of sp³-hybridized carbons (Fsp3) is 0.576. The number of rotatable bonds is 10. The van der Waals surface area contributed by atoms with E-state index in [9.17, 15) is 4.39 Å². The zero-order chi connectivity index (χ0) is 23.6. The Hall–Kier alpha value is -1.89. The van der Waals surface area contributed by atoms with Crippen LogP contribution in [-0.2, 0) is 6.42 Å². The third-order valence-corrected chi connectivity index (χ3v) is 8.64. The topological polar surface area (TPSA) is 0 Å². The molecule has 0 unspecified atom stereocenters. The number of alkyl halides is 1. The molecular formula is C33H45F. The molecule has 0 amide bonds. The van der Waals surface area contributed by atoms with E-state index in [1.54, 1.807) is 0 Å². The lowest BCUT2D eigenvalue weighted by Gasteiger charge is -2.28. The molecule has 2 fully saturated rings. The van der Waals surface area contributed by atoms with Gasteiger partial charge in [0.2, 0.25) is 0 Å². The summed E-state index contributed by atoms with van der Waals surface area (Å²) in [5.41, 5.74) is 5.66. The maximum Gasteiger partial charge on any atom is 0.0894 e. The second-order valence-electron chi connectivity index (χ2n) is 11.0. The molecule has 2 aromatic carbocycles. The normalized spacial score (nSPS) is 25.6. The third kappa shape index (κ3) is 7.30. The Morgan fingerprint density at radius 2 is 1.32 bits per heavy atom. The molecule has 0 aliphatic heterocycles. The Bertz CT molecular complexity index is 846. The molecule has 0 atom stereocenters. The lowest BCUT2D eigenvalue weighted by atomic mass is 9.78. The summed E-state index contributed by atoms with van der Waals surface area (Å²) in [6.45, 7) is 2.08. The minimum atomic E-state index is -0.141. The zero-order valence-electron chi connectivity index (χ0n) is 21.4. The highest BCUT2D eigenvalue weighted by atomic mass is 19.1. The Balaban J connectivity index is 1.23. The van der Waals surface area contributed by atoms with Gasteiger partial charge in [-0.2, -0.15) is 0 Å². The molecule has 2 aromatic rings. The van der Waals surface area contributed by atoms with E-state index >= 15 is 0 Å². The standard InChI is InChI=1S/C33H45F/c1-2-3-5-26-13-17-30(18-14-26)32-21-23-33(24-22-32)31-19-15-29(16-20-31)12-11-28-9-7-27(8-10-28)6-4-25-34/h3,5,15-16,19-24,26-28,30H,2,4,6-14,17-18,25H2,1H3/b5-3+/t26?,27-,28-,30?. The van der Waals surface area contributed by atoms with Gasteiger partial charge in [0.15, 0.2) is 0 Å². The second-order valence-corrected chi connectivity index (χ2v) is 11.0. The number of hydrogen-bond acceptors (Lipinski definition) is 0. The number of aryl methyl sites for hydroxylation is 1. The average Bonchev–Trinajstić information content (AvgIpc) is 2.91. The van der Waals surface area contributed by atoms with Crippen LogP contribution in [0.2, 0.25) is 0 Å². The summed E-state index contributed by atoms with van der Waals surface area (Å²) in [5, 5.41) is 0. The number of benzene rings is 2. The minimum Gasteiger partial charge on any atom is -0.251 e. The van der Waals surface area contributed by atoms with Gasteiger partial charge in [0.25, 0.3) is 0 Å². The largest absolute Gasteiger partial charge is 0.251 e. The Labute approximate surface area is 208 Å². The van der Waals surface area contributed by atoms with Crippen LogP contribution in [0.15, 0.2) is 60.7 Å². The second kappa shape index (κ2) is 13.3. The van der Waals surface area contributed by atoms with E-state index in [2.05, 4.69) is 67.6 Å². The van der Waals surface area contributed by atoms with Gasteiger partial charge in [0.05, 0.1) is 6.67 Å². The fourth-order valence-electron chi connectivity index (χ4n) is 6.33. The Morgan fingerprint density at radius 3 is 1.91 bits per heavy atom. The molecule has 0 nitrogen and oxygen atoms in total. The van der Waals surface area contributed by atoms with Gasteiger partial charge in [-0.05, 0) is 104 Å². The molecule has 2 aliphatic rings.